The summed E-state index contributed by atoms with van der Waals surface area (Å²) < 4.78 is 5.94. The summed E-state index contributed by atoms with van der Waals surface area (Å²) in [6, 6.07) is 6.63. The fourth-order valence-corrected chi connectivity index (χ4v) is 3.19. The minimum Gasteiger partial charge on any atom is -0.487 e. The summed E-state index contributed by atoms with van der Waals surface area (Å²) in [7, 11) is 0. The highest BCUT2D eigenvalue weighted by Gasteiger charge is 2.30. The Labute approximate surface area is 123 Å². The number of rotatable bonds is 6. The Morgan fingerprint density at radius 1 is 1.15 bits per heavy atom. The molecular formula is C18H29NO. The molecule has 1 aromatic carbocycles. The molecule has 1 N–H and O–H groups in total. The van der Waals surface area contributed by atoms with Gasteiger partial charge in [-0.15, -0.1) is 0 Å². The van der Waals surface area contributed by atoms with Gasteiger partial charge >= 0.3 is 0 Å². The third-order valence-corrected chi connectivity index (χ3v) is 4.83. The summed E-state index contributed by atoms with van der Waals surface area (Å²) in [6.07, 6.45) is 4.56. The van der Waals surface area contributed by atoms with Crippen molar-refractivity contribution in [3.63, 3.8) is 0 Å². The first-order chi connectivity index (χ1) is 9.43. The van der Waals surface area contributed by atoms with E-state index in [9.17, 15) is 0 Å². The maximum Gasteiger partial charge on any atom is 0.123 e. The molecule has 20 heavy (non-hydrogen) atoms. The minimum atomic E-state index is -0.0472. The average molecular weight is 275 g/mol. The molecule has 2 rings (SSSR count). The Morgan fingerprint density at radius 2 is 1.80 bits per heavy atom. The van der Waals surface area contributed by atoms with Gasteiger partial charge in [0.15, 0.2) is 0 Å². The number of benzene rings is 1. The van der Waals surface area contributed by atoms with Crippen molar-refractivity contribution < 1.29 is 4.74 Å². The predicted molar refractivity (Wildman–Crippen MR) is 85.3 cm³/mol. The summed E-state index contributed by atoms with van der Waals surface area (Å²) in [4.78, 5) is 0. The van der Waals surface area contributed by atoms with Crippen molar-refractivity contribution in [2.75, 3.05) is 0 Å². The molecule has 2 nitrogen and oxygen atoms in total. The lowest BCUT2D eigenvalue weighted by Crippen LogP contribution is -2.43. The van der Waals surface area contributed by atoms with Gasteiger partial charge in [0, 0.05) is 18.5 Å². The molecule has 1 aliphatic heterocycles. The molecule has 0 bridgehead atoms. The Hall–Kier alpha value is -1.02. The monoisotopic (exact) mass is 275 g/mol. The second kappa shape index (κ2) is 5.77. The van der Waals surface area contributed by atoms with Gasteiger partial charge in [0.2, 0.25) is 0 Å². The van der Waals surface area contributed by atoms with Gasteiger partial charge < -0.3 is 10.1 Å². The summed E-state index contributed by atoms with van der Waals surface area (Å²) in [5, 5.41) is 3.77. The molecule has 0 atom stereocenters. The molecule has 0 spiro atoms. The number of fused-ring (bicyclic) bond motifs is 1. The largest absolute Gasteiger partial charge is 0.487 e. The molecule has 0 amide bonds. The highest BCUT2D eigenvalue weighted by atomic mass is 16.5. The van der Waals surface area contributed by atoms with E-state index in [1.165, 1.54) is 30.4 Å². The Balaban J connectivity index is 2.06. The Bertz CT molecular complexity index is 452. The van der Waals surface area contributed by atoms with Crippen LogP contribution in [-0.2, 0) is 13.0 Å². The molecule has 0 radical (unpaired) electrons. The van der Waals surface area contributed by atoms with Crippen molar-refractivity contribution in [3.05, 3.63) is 29.3 Å². The summed E-state index contributed by atoms with van der Waals surface area (Å²) in [6.45, 7) is 12.1. The van der Waals surface area contributed by atoms with Crippen molar-refractivity contribution in [1.82, 2.24) is 5.32 Å². The molecule has 0 aromatic heterocycles. The Morgan fingerprint density at radius 3 is 2.40 bits per heavy atom. The second-order valence-electron chi connectivity index (χ2n) is 6.68. The third-order valence-electron chi connectivity index (χ3n) is 4.83. The first-order valence-electron chi connectivity index (χ1n) is 7.99. The SMILES string of the molecule is CCC(CC)(CC)NCc1ccc2c(c1)CC(C)(C)O2. The van der Waals surface area contributed by atoms with Crippen molar-refractivity contribution >= 4 is 0 Å². The van der Waals surface area contributed by atoms with Crippen LogP contribution < -0.4 is 10.1 Å². The lowest BCUT2D eigenvalue weighted by atomic mass is 9.89. The van der Waals surface area contributed by atoms with Gasteiger partial charge in [-0.3, -0.25) is 0 Å². The minimum absolute atomic E-state index is 0.0472. The van der Waals surface area contributed by atoms with E-state index in [1.54, 1.807) is 0 Å². The van der Waals surface area contributed by atoms with E-state index in [0.717, 1.165) is 18.7 Å². The van der Waals surface area contributed by atoms with Crippen LogP contribution in [0.5, 0.6) is 5.75 Å². The van der Waals surface area contributed by atoms with Gasteiger partial charge in [-0.2, -0.15) is 0 Å². The standard InChI is InChI=1S/C18H29NO/c1-6-18(7-2,8-3)19-13-14-9-10-16-15(11-14)12-17(4,5)20-16/h9-11,19H,6-8,12-13H2,1-5H3. The van der Waals surface area contributed by atoms with Gasteiger partial charge in [-0.05, 0) is 50.3 Å². The summed E-state index contributed by atoms with van der Waals surface area (Å²) >= 11 is 0. The molecule has 0 aliphatic carbocycles. The topological polar surface area (TPSA) is 21.3 Å². The molecular weight excluding hydrogens is 246 g/mol. The lowest BCUT2D eigenvalue weighted by molar-refractivity contribution is 0.138. The van der Waals surface area contributed by atoms with Crippen LogP contribution in [0.25, 0.3) is 0 Å². The average Bonchev–Trinajstić information content (AvgIpc) is 2.74. The zero-order valence-electron chi connectivity index (χ0n) is 13.7. The zero-order chi connectivity index (χ0) is 14.8. The van der Waals surface area contributed by atoms with Crippen molar-refractivity contribution in [3.8, 4) is 5.75 Å². The van der Waals surface area contributed by atoms with E-state index in [1.807, 2.05) is 0 Å². The van der Waals surface area contributed by atoms with Crippen molar-refractivity contribution in [2.24, 2.45) is 0 Å². The smallest absolute Gasteiger partial charge is 0.123 e. The van der Waals surface area contributed by atoms with Gasteiger partial charge in [-0.25, -0.2) is 0 Å². The molecule has 0 saturated carbocycles. The number of hydrogen-bond donors (Lipinski definition) is 1. The third kappa shape index (κ3) is 3.17. The van der Waals surface area contributed by atoms with Crippen LogP contribution in [0, 0.1) is 0 Å². The molecule has 1 heterocycles. The van der Waals surface area contributed by atoms with Crippen LogP contribution in [0.3, 0.4) is 0 Å². The van der Waals surface area contributed by atoms with Crippen LogP contribution in [0.1, 0.15) is 65.0 Å². The highest BCUT2D eigenvalue weighted by Crippen LogP contribution is 2.35. The maximum atomic E-state index is 5.94. The lowest BCUT2D eigenvalue weighted by Gasteiger charge is -2.32. The van der Waals surface area contributed by atoms with Crippen LogP contribution >= 0.6 is 0 Å². The fraction of sp³-hybridized carbons (Fsp3) is 0.667. The molecule has 2 heteroatoms. The maximum absolute atomic E-state index is 5.94. The van der Waals surface area contributed by atoms with Crippen molar-refractivity contribution in [2.45, 2.75) is 78.0 Å². The van der Waals surface area contributed by atoms with Gasteiger partial charge in [0.25, 0.3) is 0 Å². The van der Waals surface area contributed by atoms with E-state index in [2.05, 4.69) is 58.1 Å². The van der Waals surface area contributed by atoms with E-state index in [4.69, 9.17) is 4.74 Å². The summed E-state index contributed by atoms with van der Waals surface area (Å²) in [5.41, 5.74) is 2.96. The van der Waals surface area contributed by atoms with Crippen molar-refractivity contribution in [1.29, 1.82) is 0 Å². The van der Waals surface area contributed by atoms with Crippen LogP contribution in [-0.4, -0.2) is 11.1 Å². The van der Waals surface area contributed by atoms with Crippen LogP contribution in [0.2, 0.25) is 0 Å². The van der Waals surface area contributed by atoms with Gasteiger partial charge in [0.1, 0.15) is 11.4 Å². The van der Waals surface area contributed by atoms with Crippen LogP contribution in [0.4, 0.5) is 0 Å². The van der Waals surface area contributed by atoms with E-state index in [-0.39, 0.29) is 11.1 Å². The van der Waals surface area contributed by atoms with Gasteiger partial charge in [0.05, 0.1) is 0 Å². The second-order valence-corrected chi connectivity index (χ2v) is 6.68. The van der Waals surface area contributed by atoms with Gasteiger partial charge in [-0.1, -0.05) is 32.9 Å². The first-order valence-corrected chi connectivity index (χ1v) is 7.99. The molecule has 1 aliphatic rings. The molecule has 1 aromatic rings. The van der Waals surface area contributed by atoms with E-state index >= 15 is 0 Å². The molecule has 0 fully saturated rings. The predicted octanol–water partition coefficient (Wildman–Crippen LogP) is 4.46. The zero-order valence-corrected chi connectivity index (χ0v) is 13.7. The normalized spacial score (nSPS) is 16.9. The Kier molecular flexibility index (Phi) is 4.43. The van der Waals surface area contributed by atoms with Crippen LogP contribution in [0.15, 0.2) is 18.2 Å². The number of nitrogens with one attached hydrogen (secondary N) is 1. The highest BCUT2D eigenvalue weighted by molar-refractivity contribution is 5.41. The number of ether oxygens (including phenoxy) is 1. The van der Waals surface area contributed by atoms with E-state index < -0.39 is 0 Å². The molecule has 0 unspecified atom stereocenters. The fourth-order valence-electron chi connectivity index (χ4n) is 3.19. The molecule has 0 saturated heterocycles. The van der Waals surface area contributed by atoms with E-state index in [0.29, 0.717) is 0 Å². The summed E-state index contributed by atoms with van der Waals surface area (Å²) in [5.74, 6) is 1.06. The first kappa shape index (κ1) is 15.4. The molecule has 112 valence electrons. The quantitative estimate of drug-likeness (QED) is 0.827. The number of hydrogen-bond acceptors (Lipinski definition) is 2.